The van der Waals surface area contributed by atoms with E-state index in [1.165, 1.54) is 12.1 Å². The second-order valence-corrected chi connectivity index (χ2v) is 7.24. The molecule has 152 valence electrons. The van der Waals surface area contributed by atoms with Gasteiger partial charge in [-0.05, 0) is 36.1 Å². The van der Waals surface area contributed by atoms with Gasteiger partial charge in [-0.1, -0.05) is 32.4 Å². The Morgan fingerprint density at radius 3 is 2.57 bits per heavy atom. The summed E-state index contributed by atoms with van der Waals surface area (Å²) < 4.78 is 36.0. The van der Waals surface area contributed by atoms with Gasteiger partial charge in [-0.25, -0.2) is 0 Å². The summed E-state index contributed by atoms with van der Waals surface area (Å²) in [5, 5.41) is 0. The Labute approximate surface area is 164 Å². The Kier molecular flexibility index (Phi) is 7.91. The van der Waals surface area contributed by atoms with Gasteiger partial charge in [0.25, 0.3) is 0 Å². The van der Waals surface area contributed by atoms with Gasteiger partial charge in [0.15, 0.2) is 5.78 Å². The van der Waals surface area contributed by atoms with Gasteiger partial charge >= 0.3 is 6.11 Å². The van der Waals surface area contributed by atoms with E-state index in [9.17, 15) is 13.6 Å². The van der Waals surface area contributed by atoms with Crippen molar-refractivity contribution in [2.75, 3.05) is 6.61 Å². The van der Waals surface area contributed by atoms with Gasteiger partial charge in [0.1, 0.15) is 17.2 Å². The number of aromatic nitrogens is 1. The number of carbonyl (C=O) groups excluding carboxylic acids is 1. The zero-order chi connectivity index (χ0) is 20.6. The van der Waals surface area contributed by atoms with Crippen LogP contribution in [0.3, 0.4) is 0 Å². The molecule has 0 fully saturated rings. The summed E-state index contributed by atoms with van der Waals surface area (Å²) in [5.74, 6) is 1.15. The fraction of sp³-hybridized carbons (Fsp3) is 0.455. The molecule has 2 aromatic rings. The number of ether oxygens (including phenoxy) is 2. The normalized spacial score (nSPS) is 11.5. The van der Waals surface area contributed by atoms with Crippen molar-refractivity contribution in [3.63, 3.8) is 0 Å². The number of hydrogen-bond acceptors (Lipinski definition) is 4. The van der Waals surface area contributed by atoms with E-state index in [0.29, 0.717) is 43.7 Å². The number of rotatable bonds is 11. The number of carbonyl (C=O) groups is 1. The van der Waals surface area contributed by atoms with Gasteiger partial charge in [0.2, 0.25) is 0 Å². The van der Waals surface area contributed by atoms with Gasteiger partial charge in [0.05, 0.1) is 6.61 Å². The van der Waals surface area contributed by atoms with E-state index in [1.54, 1.807) is 24.4 Å². The van der Waals surface area contributed by atoms with Crippen LogP contribution in [0.1, 0.15) is 56.1 Å². The molecule has 2 rings (SSSR count). The van der Waals surface area contributed by atoms with Gasteiger partial charge in [-0.3, -0.25) is 9.78 Å². The summed E-state index contributed by atoms with van der Waals surface area (Å²) >= 11 is 0. The average Bonchev–Trinajstić information content (AvgIpc) is 2.61. The molecule has 1 aromatic carbocycles. The van der Waals surface area contributed by atoms with Crippen LogP contribution in [0.4, 0.5) is 8.78 Å². The van der Waals surface area contributed by atoms with Crippen molar-refractivity contribution in [2.45, 2.75) is 52.6 Å². The Morgan fingerprint density at radius 2 is 1.93 bits per heavy atom. The molecule has 0 aliphatic carbocycles. The van der Waals surface area contributed by atoms with Gasteiger partial charge in [-0.15, -0.1) is 0 Å². The van der Waals surface area contributed by atoms with Crippen LogP contribution in [0.2, 0.25) is 0 Å². The molecule has 0 spiro atoms. The van der Waals surface area contributed by atoms with Gasteiger partial charge < -0.3 is 9.47 Å². The van der Waals surface area contributed by atoms with Crippen molar-refractivity contribution < 1.29 is 23.0 Å². The smallest absolute Gasteiger partial charge is 0.394 e. The molecule has 0 N–H and O–H groups in total. The molecule has 0 aliphatic rings. The fourth-order valence-electron chi connectivity index (χ4n) is 2.66. The highest BCUT2D eigenvalue weighted by atomic mass is 19.3. The van der Waals surface area contributed by atoms with Crippen LogP contribution in [0.5, 0.6) is 11.5 Å². The second kappa shape index (κ2) is 10.2. The SMILES string of the molecule is CC(C)CCCC(=O)c1ccc(CCOc2cccc(OC(C)(F)F)c2)cn1. The summed E-state index contributed by atoms with van der Waals surface area (Å²) in [7, 11) is 0. The first kappa shape index (κ1) is 21.8. The van der Waals surface area contributed by atoms with Crippen molar-refractivity contribution in [3.8, 4) is 11.5 Å². The first-order chi connectivity index (χ1) is 13.2. The number of hydrogen-bond donors (Lipinski definition) is 0. The summed E-state index contributed by atoms with van der Waals surface area (Å²) in [4.78, 5) is 16.4. The highest BCUT2D eigenvalue weighted by Crippen LogP contribution is 2.25. The maximum Gasteiger partial charge on any atom is 0.394 e. The number of ketones is 1. The molecule has 0 saturated carbocycles. The molecule has 0 radical (unpaired) electrons. The quantitative estimate of drug-likeness (QED) is 0.461. The lowest BCUT2D eigenvalue weighted by molar-refractivity contribution is -0.159. The number of nitrogens with zero attached hydrogens (tertiary/aromatic N) is 1. The summed E-state index contributed by atoms with van der Waals surface area (Å²) in [6, 6.07) is 9.75. The maximum absolute atomic E-state index is 12.9. The lowest BCUT2D eigenvalue weighted by Gasteiger charge is -2.14. The first-order valence-corrected chi connectivity index (χ1v) is 9.51. The zero-order valence-corrected chi connectivity index (χ0v) is 16.6. The topological polar surface area (TPSA) is 48.4 Å². The van der Waals surface area contributed by atoms with Crippen LogP contribution in [0.25, 0.3) is 0 Å². The minimum atomic E-state index is -3.24. The first-order valence-electron chi connectivity index (χ1n) is 9.51. The monoisotopic (exact) mass is 391 g/mol. The lowest BCUT2D eigenvalue weighted by atomic mass is 10.0. The van der Waals surface area contributed by atoms with Crippen LogP contribution >= 0.6 is 0 Å². The molecule has 1 heterocycles. The Morgan fingerprint density at radius 1 is 1.18 bits per heavy atom. The predicted octanol–water partition coefficient (Wildman–Crippen LogP) is 5.70. The molecule has 28 heavy (non-hydrogen) atoms. The highest BCUT2D eigenvalue weighted by Gasteiger charge is 2.23. The van der Waals surface area contributed by atoms with Crippen molar-refractivity contribution in [3.05, 3.63) is 53.9 Å². The van der Waals surface area contributed by atoms with Crippen LogP contribution in [0, 0.1) is 5.92 Å². The van der Waals surface area contributed by atoms with Gasteiger partial charge in [-0.2, -0.15) is 8.78 Å². The molecule has 0 aliphatic heterocycles. The maximum atomic E-state index is 12.9. The van der Waals surface area contributed by atoms with Crippen molar-refractivity contribution in [2.24, 2.45) is 5.92 Å². The van der Waals surface area contributed by atoms with E-state index in [4.69, 9.17) is 4.74 Å². The third kappa shape index (κ3) is 8.03. The van der Waals surface area contributed by atoms with Gasteiger partial charge in [0, 0.05) is 32.0 Å². The van der Waals surface area contributed by atoms with Crippen molar-refractivity contribution >= 4 is 5.78 Å². The minimum absolute atomic E-state index is 0.0481. The zero-order valence-electron chi connectivity index (χ0n) is 16.6. The molecule has 0 bridgehead atoms. The fourth-order valence-corrected chi connectivity index (χ4v) is 2.66. The molecular weight excluding hydrogens is 364 g/mol. The van der Waals surface area contributed by atoms with E-state index >= 15 is 0 Å². The molecular formula is C22H27F2NO3. The Bertz CT molecular complexity index is 755. The van der Waals surface area contributed by atoms with E-state index in [1.807, 2.05) is 6.07 Å². The number of pyridine rings is 1. The third-order valence-corrected chi connectivity index (χ3v) is 4.06. The number of halogens is 2. The molecule has 0 atom stereocenters. The Hall–Kier alpha value is -2.50. The number of benzene rings is 1. The molecule has 1 aromatic heterocycles. The number of Topliss-reactive ketones (excluding diaryl/α,β-unsaturated/α-hetero) is 1. The van der Waals surface area contributed by atoms with Crippen LogP contribution in [0.15, 0.2) is 42.6 Å². The van der Waals surface area contributed by atoms with E-state index in [0.717, 1.165) is 18.4 Å². The molecule has 4 nitrogen and oxygen atoms in total. The Balaban J connectivity index is 1.80. The second-order valence-electron chi connectivity index (χ2n) is 7.24. The summed E-state index contributed by atoms with van der Waals surface area (Å²) in [6.07, 6.45) is 1.45. The third-order valence-electron chi connectivity index (χ3n) is 4.06. The van der Waals surface area contributed by atoms with Crippen molar-refractivity contribution in [1.29, 1.82) is 0 Å². The van der Waals surface area contributed by atoms with Crippen LogP contribution in [-0.2, 0) is 6.42 Å². The molecule has 0 amide bonds. The summed E-state index contributed by atoms with van der Waals surface area (Å²) in [6.45, 7) is 5.32. The molecule has 6 heteroatoms. The lowest BCUT2D eigenvalue weighted by Crippen LogP contribution is -2.19. The van der Waals surface area contributed by atoms with Crippen LogP contribution < -0.4 is 9.47 Å². The largest absolute Gasteiger partial charge is 0.493 e. The average molecular weight is 391 g/mol. The highest BCUT2D eigenvalue weighted by molar-refractivity contribution is 5.94. The van der Waals surface area contributed by atoms with Crippen molar-refractivity contribution in [1.82, 2.24) is 4.98 Å². The minimum Gasteiger partial charge on any atom is -0.493 e. The van der Waals surface area contributed by atoms with E-state index in [2.05, 4.69) is 23.6 Å². The summed E-state index contributed by atoms with van der Waals surface area (Å²) in [5.41, 5.74) is 1.42. The predicted molar refractivity (Wildman–Crippen MR) is 104 cm³/mol. The number of alkyl halides is 2. The van der Waals surface area contributed by atoms with E-state index < -0.39 is 6.11 Å². The van der Waals surface area contributed by atoms with Crippen LogP contribution in [-0.4, -0.2) is 23.5 Å². The molecule has 0 saturated heterocycles. The standard InChI is InChI=1S/C22H27F2NO3/c1-16(2)6-4-9-21(26)20-11-10-17(15-25-20)12-13-27-18-7-5-8-19(14-18)28-22(3,23)24/h5,7-8,10-11,14-16H,4,6,9,12-13H2,1-3H3. The molecule has 0 unspecified atom stereocenters. The van der Waals surface area contributed by atoms with E-state index in [-0.39, 0.29) is 11.5 Å².